The lowest BCUT2D eigenvalue weighted by Gasteiger charge is -2.05. The van der Waals surface area contributed by atoms with E-state index >= 15 is 0 Å². The van der Waals surface area contributed by atoms with Gasteiger partial charge < -0.3 is 19.7 Å². The van der Waals surface area contributed by atoms with Crippen molar-refractivity contribution in [1.29, 1.82) is 0 Å². The fourth-order valence-corrected chi connectivity index (χ4v) is 2.06. The molecule has 3 aromatic rings. The van der Waals surface area contributed by atoms with Crippen LogP contribution < -0.4 is 5.43 Å². The van der Waals surface area contributed by atoms with Crippen molar-refractivity contribution < 1.29 is 19.7 Å². The molecule has 7 heteroatoms. The highest BCUT2D eigenvalue weighted by molar-refractivity contribution is 5.97. The van der Waals surface area contributed by atoms with Crippen LogP contribution in [0, 0.1) is 4.91 Å². The molecule has 3 N–H and O–H groups in total. The third kappa shape index (κ3) is 1.50. The molecule has 0 bridgehead atoms. The maximum absolute atomic E-state index is 12.3. The van der Waals surface area contributed by atoms with E-state index in [-0.39, 0.29) is 33.4 Å². The second-order valence-corrected chi connectivity index (χ2v) is 4.17. The van der Waals surface area contributed by atoms with Crippen LogP contribution in [0.5, 0.6) is 17.2 Å². The zero-order chi connectivity index (χ0) is 14.4. The van der Waals surface area contributed by atoms with Gasteiger partial charge in [-0.15, -0.1) is 4.91 Å². The van der Waals surface area contributed by atoms with Crippen LogP contribution in [-0.4, -0.2) is 15.3 Å². The first-order valence-corrected chi connectivity index (χ1v) is 5.50. The predicted molar refractivity (Wildman–Crippen MR) is 70.4 cm³/mol. The van der Waals surface area contributed by atoms with Gasteiger partial charge in [0.15, 0.2) is 17.0 Å². The third-order valence-corrected chi connectivity index (χ3v) is 2.96. The highest BCUT2D eigenvalue weighted by atomic mass is 16.4. The minimum atomic E-state index is -0.591. The molecule has 0 atom stereocenters. The average Bonchev–Trinajstić information content (AvgIpc) is 2.39. The molecule has 2 aromatic carbocycles. The quantitative estimate of drug-likeness (QED) is 0.462. The van der Waals surface area contributed by atoms with Gasteiger partial charge in [0.1, 0.15) is 22.5 Å². The molecule has 0 saturated heterocycles. The standard InChI is InChI=1S/C13H7NO6/c15-5-3-8(16)10-9(4-5)20-13-6(11(10)17)1-2-7(14-19)12(13)18/h1-4,15-16,18H. The summed E-state index contributed by atoms with van der Waals surface area (Å²) in [4.78, 5) is 22.8. The van der Waals surface area contributed by atoms with Crippen LogP contribution in [0.4, 0.5) is 5.69 Å². The lowest BCUT2D eigenvalue weighted by atomic mass is 10.1. The van der Waals surface area contributed by atoms with Crippen molar-refractivity contribution in [3.05, 3.63) is 39.4 Å². The largest absolute Gasteiger partial charge is 0.508 e. The molecule has 0 aliphatic rings. The van der Waals surface area contributed by atoms with Crippen LogP contribution >= 0.6 is 0 Å². The van der Waals surface area contributed by atoms with Crippen molar-refractivity contribution in [3.63, 3.8) is 0 Å². The number of aromatic hydroxyl groups is 3. The fraction of sp³-hybridized carbons (Fsp3) is 0. The summed E-state index contributed by atoms with van der Waals surface area (Å²) in [6, 6.07) is 4.57. The number of nitrogens with zero attached hydrogens (tertiary/aromatic N) is 1. The molecule has 0 fully saturated rings. The Kier molecular flexibility index (Phi) is 2.37. The summed E-state index contributed by atoms with van der Waals surface area (Å²) in [7, 11) is 0. The minimum absolute atomic E-state index is 0.0108. The van der Waals surface area contributed by atoms with E-state index in [1.807, 2.05) is 0 Å². The number of rotatable bonds is 1. The van der Waals surface area contributed by atoms with E-state index < -0.39 is 16.9 Å². The highest BCUT2D eigenvalue weighted by Gasteiger charge is 2.17. The first kappa shape index (κ1) is 12.0. The zero-order valence-electron chi connectivity index (χ0n) is 9.82. The molecule has 1 aromatic heterocycles. The lowest BCUT2D eigenvalue weighted by molar-refractivity contribution is 0.451. The van der Waals surface area contributed by atoms with Crippen molar-refractivity contribution >= 4 is 27.6 Å². The summed E-state index contributed by atoms with van der Waals surface area (Å²) in [5.74, 6) is -1.31. The molecular formula is C13H7NO6. The van der Waals surface area contributed by atoms with Crippen LogP contribution in [0.1, 0.15) is 0 Å². The summed E-state index contributed by atoms with van der Waals surface area (Å²) in [6.07, 6.45) is 0. The lowest BCUT2D eigenvalue weighted by Crippen LogP contribution is -2.02. The average molecular weight is 273 g/mol. The summed E-state index contributed by atoms with van der Waals surface area (Å²) < 4.78 is 5.29. The first-order valence-electron chi connectivity index (χ1n) is 5.50. The Balaban J connectivity index is 2.61. The molecule has 0 unspecified atom stereocenters. The van der Waals surface area contributed by atoms with Gasteiger partial charge in [0.2, 0.25) is 5.43 Å². The SMILES string of the molecule is O=Nc1ccc2c(=O)c3c(O)cc(O)cc3oc2c1O. The molecule has 0 amide bonds. The van der Waals surface area contributed by atoms with E-state index in [1.165, 1.54) is 12.1 Å². The van der Waals surface area contributed by atoms with Crippen LogP contribution in [0.2, 0.25) is 0 Å². The van der Waals surface area contributed by atoms with Gasteiger partial charge in [-0.1, -0.05) is 0 Å². The van der Waals surface area contributed by atoms with Gasteiger partial charge in [-0.3, -0.25) is 4.79 Å². The number of hydrogen-bond acceptors (Lipinski definition) is 7. The van der Waals surface area contributed by atoms with E-state index in [1.54, 1.807) is 0 Å². The minimum Gasteiger partial charge on any atom is -0.508 e. The van der Waals surface area contributed by atoms with Crippen LogP contribution in [-0.2, 0) is 0 Å². The summed E-state index contributed by atoms with van der Waals surface area (Å²) in [5, 5.41) is 31.4. The van der Waals surface area contributed by atoms with Gasteiger partial charge in [-0.25, -0.2) is 0 Å². The number of hydrogen-bond donors (Lipinski definition) is 3. The van der Waals surface area contributed by atoms with Gasteiger partial charge >= 0.3 is 0 Å². The molecule has 0 aliphatic carbocycles. The molecule has 3 rings (SSSR count). The zero-order valence-corrected chi connectivity index (χ0v) is 9.82. The number of fused-ring (bicyclic) bond motifs is 2. The van der Waals surface area contributed by atoms with Crippen molar-refractivity contribution in [2.45, 2.75) is 0 Å². The van der Waals surface area contributed by atoms with Gasteiger partial charge in [0.05, 0.1) is 5.39 Å². The van der Waals surface area contributed by atoms with Crippen molar-refractivity contribution in [2.75, 3.05) is 0 Å². The van der Waals surface area contributed by atoms with E-state index in [0.29, 0.717) is 0 Å². The molecule has 0 saturated carbocycles. The molecule has 7 nitrogen and oxygen atoms in total. The second kappa shape index (κ2) is 3.95. The fourth-order valence-electron chi connectivity index (χ4n) is 2.06. The summed E-state index contributed by atoms with van der Waals surface area (Å²) in [5.41, 5.74) is -1.21. The topological polar surface area (TPSA) is 120 Å². The molecule has 0 spiro atoms. The van der Waals surface area contributed by atoms with Gasteiger partial charge in [-0.05, 0) is 17.3 Å². The molecule has 20 heavy (non-hydrogen) atoms. The number of benzene rings is 2. The molecule has 0 radical (unpaired) electrons. The van der Waals surface area contributed by atoms with E-state index in [0.717, 1.165) is 12.1 Å². The van der Waals surface area contributed by atoms with Crippen molar-refractivity contribution in [2.24, 2.45) is 5.18 Å². The Morgan fingerprint density at radius 3 is 2.55 bits per heavy atom. The summed E-state index contributed by atoms with van der Waals surface area (Å²) in [6.45, 7) is 0. The maximum Gasteiger partial charge on any atom is 0.204 e. The normalized spacial score (nSPS) is 11.0. The monoisotopic (exact) mass is 273 g/mol. The van der Waals surface area contributed by atoms with E-state index in [9.17, 15) is 25.0 Å². The van der Waals surface area contributed by atoms with Gasteiger partial charge in [-0.2, -0.15) is 0 Å². The molecular weight excluding hydrogens is 266 g/mol. The summed E-state index contributed by atoms with van der Waals surface area (Å²) >= 11 is 0. The Morgan fingerprint density at radius 2 is 1.85 bits per heavy atom. The molecule has 100 valence electrons. The Morgan fingerprint density at radius 1 is 1.10 bits per heavy atom. The van der Waals surface area contributed by atoms with E-state index in [2.05, 4.69) is 5.18 Å². The molecule has 0 aliphatic heterocycles. The Hall–Kier alpha value is -3.09. The maximum atomic E-state index is 12.3. The third-order valence-electron chi connectivity index (χ3n) is 2.96. The Labute approximate surface area is 110 Å². The van der Waals surface area contributed by atoms with Crippen LogP contribution in [0.25, 0.3) is 21.9 Å². The number of phenols is 3. The Bertz CT molecular complexity index is 928. The number of nitroso groups, excluding NO2 is 1. The predicted octanol–water partition coefficient (Wildman–Crippen LogP) is 2.46. The van der Waals surface area contributed by atoms with Crippen molar-refractivity contribution in [3.8, 4) is 17.2 Å². The highest BCUT2D eigenvalue weighted by Crippen LogP contribution is 2.37. The van der Waals surface area contributed by atoms with Gasteiger partial charge in [0.25, 0.3) is 0 Å². The second-order valence-electron chi connectivity index (χ2n) is 4.17. The smallest absolute Gasteiger partial charge is 0.204 e. The van der Waals surface area contributed by atoms with E-state index in [4.69, 9.17) is 4.42 Å². The van der Waals surface area contributed by atoms with Crippen LogP contribution in [0.3, 0.4) is 0 Å². The number of phenolic OH excluding ortho intramolecular Hbond substituents is 3. The first-order chi connectivity index (χ1) is 9.52. The molecule has 1 heterocycles. The van der Waals surface area contributed by atoms with Gasteiger partial charge in [0, 0.05) is 12.1 Å². The van der Waals surface area contributed by atoms with Crippen LogP contribution in [0.15, 0.2) is 38.7 Å². The van der Waals surface area contributed by atoms with Crippen molar-refractivity contribution in [1.82, 2.24) is 0 Å².